The number of anilines is 2. The standard InChI is InChI=1S/C28H31N7/c1-28(2)18-35(13-12-32-28)27-25-22(20-8-9-20)16-29-17-23(25)33-26(34-27)21-10-11-30-24(14-21)31-15-19-6-4-3-5-7-19/h3-7,10-11,14,16-17,20,32H,8-9,12-13,15,18H2,1-2H3,(H,30,31). The second-order valence-electron chi connectivity index (χ2n) is 10.3. The Morgan fingerprint density at radius 2 is 1.94 bits per heavy atom. The minimum absolute atomic E-state index is 0.0215. The molecule has 2 N–H and O–H groups in total. The Hall–Kier alpha value is -3.58. The first-order chi connectivity index (χ1) is 17.1. The Balaban J connectivity index is 1.40. The molecule has 0 bridgehead atoms. The van der Waals surface area contributed by atoms with Gasteiger partial charge in [-0.25, -0.2) is 15.0 Å². The van der Waals surface area contributed by atoms with Crippen molar-refractivity contribution in [1.82, 2.24) is 25.3 Å². The molecule has 178 valence electrons. The fourth-order valence-electron chi connectivity index (χ4n) is 4.93. The van der Waals surface area contributed by atoms with Gasteiger partial charge < -0.3 is 15.5 Å². The highest BCUT2D eigenvalue weighted by molar-refractivity contribution is 5.94. The van der Waals surface area contributed by atoms with Gasteiger partial charge in [0.05, 0.1) is 11.7 Å². The maximum Gasteiger partial charge on any atom is 0.162 e. The van der Waals surface area contributed by atoms with Crippen molar-refractivity contribution >= 4 is 22.5 Å². The average molecular weight is 466 g/mol. The Labute approximate surface area is 206 Å². The third-order valence-corrected chi connectivity index (χ3v) is 6.84. The monoisotopic (exact) mass is 465 g/mol. The predicted octanol–water partition coefficient (Wildman–Crippen LogP) is 4.76. The maximum atomic E-state index is 5.19. The molecule has 7 heteroatoms. The minimum atomic E-state index is 0.0215. The Kier molecular flexibility index (Phi) is 5.57. The van der Waals surface area contributed by atoms with E-state index in [1.54, 1.807) is 0 Å². The highest BCUT2D eigenvalue weighted by Gasteiger charge is 2.32. The number of rotatable bonds is 6. The van der Waals surface area contributed by atoms with E-state index in [1.165, 1.54) is 29.4 Å². The van der Waals surface area contributed by atoms with Crippen LogP contribution in [0.1, 0.15) is 43.7 Å². The van der Waals surface area contributed by atoms with Gasteiger partial charge in [0.1, 0.15) is 11.6 Å². The molecule has 0 atom stereocenters. The molecule has 0 unspecified atom stereocenters. The first kappa shape index (κ1) is 21.9. The third-order valence-electron chi connectivity index (χ3n) is 6.84. The molecular weight excluding hydrogens is 434 g/mol. The van der Waals surface area contributed by atoms with Crippen molar-refractivity contribution in [2.45, 2.75) is 44.7 Å². The number of pyridine rings is 2. The molecule has 1 aliphatic heterocycles. The van der Waals surface area contributed by atoms with Crippen molar-refractivity contribution in [3.63, 3.8) is 0 Å². The molecule has 2 aliphatic rings. The van der Waals surface area contributed by atoms with Crippen molar-refractivity contribution in [3.05, 3.63) is 72.2 Å². The molecule has 35 heavy (non-hydrogen) atoms. The van der Waals surface area contributed by atoms with Crippen LogP contribution in [0.5, 0.6) is 0 Å². The predicted molar refractivity (Wildman–Crippen MR) is 141 cm³/mol. The number of aromatic nitrogens is 4. The fourth-order valence-corrected chi connectivity index (χ4v) is 4.93. The molecule has 4 aromatic rings. The minimum Gasteiger partial charge on any atom is -0.366 e. The SMILES string of the molecule is CC1(C)CN(c2nc(-c3ccnc(NCc4ccccc4)c3)nc3cncc(C4CC4)c23)CCN1. The molecule has 3 aromatic heterocycles. The molecule has 7 nitrogen and oxygen atoms in total. The van der Waals surface area contributed by atoms with E-state index < -0.39 is 0 Å². The van der Waals surface area contributed by atoms with E-state index >= 15 is 0 Å². The summed E-state index contributed by atoms with van der Waals surface area (Å²) in [6, 6.07) is 14.4. The van der Waals surface area contributed by atoms with E-state index in [9.17, 15) is 0 Å². The number of piperazine rings is 1. The second kappa shape index (κ2) is 8.89. The Morgan fingerprint density at radius 1 is 1.09 bits per heavy atom. The Morgan fingerprint density at radius 3 is 2.74 bits per heavy atom. The van der Waals surface area contributed by atoms with Gasteiger partial charge in [-0.2, -0.15) is 0 Å². The normalized spacial score (nSPS) is 17.5. The summed E-state index contributed by atoms with van der Waals surface area (Å²) in [7, 11) is 0. The topological polar surface area (TPSA) is 78.9 Å². The van der Waals surface area contributed by atoms with Crippen LogP contribution >= 0.6 is 0 Å². The van der Waals surface area contributed by atoms with Gasteiger partial charge in [-0.15, -0.1) is 0 Å². The quantitative estimate of drug-likeness (QED) is 0.425. The summed E-state index contributed by atoms with van der Waals surface area (Å²) in [6.07, 6.45) is 8.17. The first-order valence-corrected chi connectivity index (χ1v) is 12.5. The van der Waals surface area contributed by atoms with Crippen LogP contribution < -0.4 is 15.5 Å². The van der Waals surface area contributed by atoms with E-state index in [2.05, 4.69) is 51.5 Å². The van der Waals surface area contributed by atoms with Crippen molar-refractivity contribution in [2.75, 3.05) is 29.9 Å². The summed E-state index contributed by atoms with van der Waals surface area (Å²) in [5, 5.41) is 8.22. The number of hydrogen-bond acceptors (Lipinski definition) is 7. The molecule has 2 fully saturated rings. The number of nitrogens with one attached hydrogen (secondary N) is 2. The van der Waals surface area contributed by atoms with Crippen LogP contribution in [-0.4, -0.2) is 45.1 Å². The van der Waals surface area contributed by atoms with Gasteiger partial charge in [0, 0.05) is 55.1 Å². The van der Waals surface area contributed by atoms with Crippen LogP contribution in [0.15, 0.2) is 61.1 Å². The molecule has 0 amide bonds. The van der Waals surface area contributed by atoms with E-state index in [-0.39, 0.29) is 5.54 Å². The van der Waals surface area contributed by atoms with Crippen molar-refractivity contribution in [1.29, 1.82) is 0 Å². The smallest absolute Gasteiger partial charge is 0.162 e. The zero-order valence-electron chi connectivity index (χ0n) is 20.3. The Bertz CT molecular complexity index is 1350. The lowest BCUT2D eigenvalue weighted by Crippen LogP contribution is -2.57. The average Bonchev–Trinajstić information content (AvgIpc) is 3.72. The van der Waals surface area contributed by atoms with Gasteiger partial charge in [-0.05, 0) is 55.9 Å². The molecule has 4 heterocycles. The van der Waals surface area contributed by atoms with Gasteiger partial charge in [0.2, 0.25) is 0 Å². The van der Waals surface area contributed by atoms with Crippen molar-refractivity contribution in [3.8, 4) is 11.4 Å². The molecule has 0 radical (unpaired) electrons. The molecule has 1 saturated heterocycles. The largest absolute Gasteiger partial charge is 0.366 e. The van der Waals surface area contributed by atoms with E-state index in [0.717, 1.165) is 42.4 Å². The lowest BCUT2D eigenvalue weighted by Gasteiger charge is -2.40. The zero-order chi connectivity index (χ0) is 23.8. The lowest BCUT2D eigenvalue weighted by atomic mass is 10.0. The summed E-state index contributed by atoms with van der Waals surface area (Å²) >= 11 is 0. The maximum absolute atomic E-state index is 5.19. The van der Waals surface area contributed by atoms with Crippen LogP contribution in [0.3, 0.4) is 0 Å². The summed E-state index contributed by atoms with van der Waals surface area (Å²) in [4.78, 5) is 21.7. The number of fused-ring (bicyclic) bond motifs is 1. The number of hydrogen-bond donors (Lipinski definition) is 2. The molecule has 1 aliphatic carbocycles. The first-order valence-electron chi connectivity index (χ1n) is 12.5. The van der Waals surface area contributed by atoms with Crippen LogP contribution in [0.2, 0.25) is 0 Å². The van der Waals surface area contributed by atoms with Gasteiger partial charge in [0.25, 0.3) is 0 Å². The summed E-state index contributed by atoms with van der Waals surface area (Å²) in [5.74, 6) is 3.12. The fraction of sp³-hybridized carbons (Fsp3) is 0.357. The molecule has 1 saturated carbocycles. The van der Waals surface area contributed by atoms with Gasteiger partial charge in [0.15, 0.2) is 5.82 Å². The molecule has 0 spiro atoms. The van der Waals surface area contributed by atoms with Gasteiger partial charge in [-0.3, -0.25) is 4.98 Å². The van der Waals surface area contributed by atoms with E-state index in [4.69, 9.17) is 9.97 Å². The van der Waals surface area contributed by atoms with Crippen LogP contribution in [0, 0.1) is 0 Å². The van der Waals surface area contributed by atoms with Gasteiger partial charge >= 0.3 is 0 Å². The third kappa shape index (κ3) is 4.68. The zero-order valence-corrected chi connectivity index (χ0v) is 20.3. The van der Waals surface area contributed by atoms with E-state index in [0.29, 0.717) is 18.3 Å². The van der Waals surface area contributed by atoms with Gasteiger partial charge in [-0.1, -0.05) is 30.3 Å². The lowest BCUT2D eigenvalue weighted by molar-refractivity contribution is 0.352. The van der Waals surface area contributed by atoms with Crippen molar-refractivity contribution in [2.24, 2.45) is 0 Å². The number of benzene rings is 1. The molecular formula is C28H31N7. The van der Waals surface area contributed by atoms with Crippen LogP contribution in [-0.2, 0) is 6.54 Å². The summed E-state index contributed by atoms with van der Waals surface area (Å²) in [5.41, 5.74) is 4.39. The second-order valence-corrected chi connectivity index (χ2v) is 10.3. The highest BCUT2D eigenvalue weighted by atomic mass is 15.3. The molecule has 1 aromatic carbocycles. The molecule has 6 rings (SSSR count). The summed E-state index contributed by atoms with van der Waals surface area (Å²) < 4.78 is 0. The number of nitrogens with zero attached hydrogens (tertiary/aromatic N) is 5. The van der Waals surface area contributed by atoms with E-state index in [1.807, 2.05) is 48.9 Å². The summed E-state index contributed by atoms with van der Waals surface area (Å²) in [6.45, 7) is 7.96. The van der Waals surface area contributed by atoms with Crippen LogP contribution in [0.4, 0.5) is 11.6 Å². The highest BCUT2D eigenvalue weighted by Crippen LogP contribution is 2.45. The van der Waals surface area contributed by atoms with Crippen LogP contribution in [0.25, 0.3) is 22.3 Å². The van der Waals surface area contributed by atoms with Crippen molar-refractivity contribution < 1.29 is 0 Å².